The summed E-state index contributed by atoms with van der Waals surface area (Å²) in [5, 5.41) is 4.86. The number of benzene rings is 7. The van der Waals surface area contributed by atoms with Gasteiger partial charge in [-0.2, -0.15) is 0 Å². The van der Waals surface area contributed by atoms with Crippen molar-refractivity contribution in [2.75, 3.05) is 0 Å². The highest BCUT2D eigenvalue weighted by Gasteiger charge is 2.29. The molecule has 1 heterocycles. The van der Waals surface area contributed by atoms with Gasteiger partial charge in [0.05, 0.1) is 11.0 Å². The number of imidazole rings is 1. The van der Waals surface area contributed by atoms with Gasteiger partial charge in [-0.1, -0.05) is 165 Å². The maximum Gasteiger partial charge on any atom is 0.242 e. The molecule has 0 amide bonds. The molecule has 0 atom stereocenters. The van der Waals surface area contributed by atoms with E-state index in [0.717, 1.165) is 28.1 Å². The molecule has 0 aliphatic carbocycles. The van der Waals surface area contributed by atoms with Gasteiger partial charge in [-0.05, 0) is 64.4 Å². The van der Waals surface area contributed by atoms with Crippen LogP contribution in [0.2, 0.25) is 0 Å². The lowest BCUT2D eigenvalue weighted by Gasteiger charge is -2.24. The molecule has 0 N–H and O–H groups in total. The Morgan fingerprint density at radius 1 is 0.479 bits per heavy atom. The summed E-state index contributed by atoms with van der Waals surface area (Å²) in [6.45, 7) is 13.6. The van der Waals surface area contributed by atoms with E-state index in [1.807, 2.05) is 0 Å². The van der Waals surface area contributed by atoms with Gasteiger partial charge in [-0.25, -0.2) is 4.98 Å². The van der Waals surface area contributed by atoms with Crippen molar-refractivity contribution in [2.24, 2.45) is 0 Å². The standard InChI is InChI=1S/C45H39BN2/c1-28-24-30(3)41(31(4)25-28)46(42-32(5)26-29(2)27-33(42)6)35-22-20-34(21-23-35)45-47-43-39-18-12-10-16-37(39)38-17-11-13-19-40(38)44(43)48(45)36-14-8-7-9-15-36/h7-27H,1-6H3. The highest BCUT2D eigenvalue weighted by atomic mass is 15.1. The zero-order valence-corrected chi connectivity index (χ0v) is 28.6. The fraction of sp³-hybridized carbons (Fsp3) is 0.133. The van der Waals surface area contributed by atoms with Crippen molar-refractivity contribution in [1.82, 2.24) is 9.55 Å². The van der Waals surface area contributed by atoms with Gasteiger partial charge < -0.3 is 0 Å². The summed E-state index contributed by atoms with van der Waals surface area (Å²) in [5.41, 5.74) is 16.4. The monoisotopic (exact) mass is 618 g/mol. The van der Waals surface area contributed by atoms with E-state index >= 15 is 0 Å². The number of hydrogen-bond acceptors (Lipinski definition) is 1. The van der Waals surface area contributed by atoms with Gasteiger partial charge in [0.2, 0.25) is 6.71 Å². The highest BCUT2D eigenvalue weighted by Crippen LogP contribution is 2.38. The lowest BCUT2D eigenvalue weighted by molar-refractivity contribution is 1.11. The Kier molecular flexibility index (Phi) is 7.29. The number of aromatic nitrogens is 2. The minimum atomic E-state index is 0.126. The van der Waals surface area contributed by atoms with Gasteiger partial charge in [-0.15, -0.1) is 0 Å². The summed E-state index contributed by atoms with van der Waals surface area (Å²) < 4.78 is 2.36. The topological polar surface area (TPSA) is 17.8 Å². The van der Waals surface area contributed by atoms with Crippen molar-refractivity contribution in [3.05, 3.63) is 161 Å². The Morgan fingerprint density at radius 2 is 0.938 bits per heavy atom. The molecule has 232 valence electrons. The van der Waals surface area contributed by atoms with Crippen LogP contribution in [0.15, 0.2) is 127 Å². The molecule has 0 aliphatic rings. The summed E-state index contributed by atoms with van der Waals surface area (Å²) in [6, 6.07) is 46.7. The second-order valence-electron chi connectivity index (χ2n) is 13.6. The van der Waals surface area contributed by atoms with Crippen LogP contribution in [0.5, 0.6) is 0 Å². The summed E-state index contributed by atoms with van der Waals surface area (Å²) >= 11 is 0. The van der Waals surface area contributed by atoms with E-state index in [9.17, 15) is 0 Å². The molecule has 8 aromatic rings. The second-order valence-corrected chi connectivity index (χ2v) is 13.6. The molecule has 8 rings (SSSR count). The summed E-state index contributed by atoms with van der Waals surface area (Å²) in [6.07, 6.45) is 0. The van der Waals surface area contributed by atoms with E-state index in [-0.39, 0.29) is 6.71 Å². The molecule has 0 saturated heterocycles. The first kappa shape index (κ1) is 30.0. The molecule has 0 saturated carbocycles. The van der Waals surface area contributed by atoms with Gasteiger partial charge in [0.1, 0.15) is 5.82 Å². The molecular formula is C45H39BN2. The largest absolute Gasteiger partial charge is 0.292 e. The van der Waals surface area contributed by atoms with Crippen LogP contribution in [0, 0.1) is 41.5 Å². The van der Waals surface area contributed by atoms with Crippen LogP contribution >= 0.6 is 0 Å². The van der Waals surface area contributed by atoms with E-state index in [1.54, 1.807) is 0 Å². The molecule has 3 heteroatoms. The lowest BCUT2D eigenvalue weighted by atomic mass is 9.34. The second kappa shape index (κ2) is 11.7. The quantitative estimate of drug-likeness (QED) is 0.139. The van der Waals surface area contributed by atoms with Crippen LogP contribution in [0.4, 0.5) is 0 Å². The molecule has 0 spiro atoms. The summed E-state index contributed by atoms with van der Waals surface area (Å²) in [5.74, 6) is 0.950. The van der Waals surface area contributed by atoms with Crippen molar-refractivity contribution in [2.45, 2.75) is 41.5 Å². The number of hydrogen-bond donors (Lipinski definition) is 0. The molecule has 7 aromatic carbocycles. The number of para-hydroxylation sites is 1. The Bertz CT molecular complexity index is 2400. The van der Waals surface area contributed by atoms with Crippen LogP contribution in [0.1, 0.15) is 33.4 Å². The molecule has 0 unspecified atom stereocenters. The van der Waals surface area contributed by atoms with Gasteiger partial charge in [0, 0.05) is 22.0 Å². The molecule has 0 fully saturated rings. The third-order valence-electron chi connectivity index (χ3n) is 10.1. The Labute approximate surface area is 283 Å². The van der Waals surface area contributed by atoms with Crippen molar-refractivity contribution >= 4 is 55.7 Å². The lowest BCUT2D eigenvalue weighted by Crippen LogP contribution is -2.55. The first-order chi connectivity index (χ1) is 23.3. The summed E-state index contributed by atoms with van der Waals surface area (Å²) in [7, 11) is 0. The molecule has 0 aliphatic heterocycles. The number of aryl methyl sites for hydroxylation is 6. The van der Waals surface area contributed by atoms with Crippen LogP contribution in [-0.4, -0.2) is 16.3 Å². The fourth-order valence-electron chi connectivity index (χ4n) is 8.32. The average Bonchev–Trinajstić information content (AvgIpc) is 3.49. The summed E-state index contributed by atoms with van der Waals surface area (Å²) in [4.78, 5) is 5.47. The minimum absolute atomic E-state index is 0.126. The third kappa shape index (κ3) is 4.85. The number of nitrogens with zero attached hydrogens (tertiary/aromatic N) is 2. The SMILES string of the molecule is Cc1cc(C)c(B(c2ccc(-c3nc4c5ccccc5c5ccccc5c4n3-c3ccccc3)cc2)c2c(C)cc(C)cc2C)c(C)c1. The maximum absolute atomic E-state index is 5.47. The van der Waals surface area contributed by atoms with Gasteiger partial charge in [0.15, 0.2) is 0 Å². The van der Waals surface area contributed by atoms with Crippen LogP contribution < -0.4 is 16.4 Å². The minimum Gasteiger partial charge on any atom is -0.292 e. The van der Waals surface area contributed by atoms with E-state index in [0.29, 0.717) is 0 Å². The number of rotatable bonds is 5. The van der Waals surface area contributed by atoms with Crippen LogP contribution in [0.25, 0.3) is 49.7 Å². The zero-order valence-electron chi connectivity index (χ0n) is 28.6. The van der Waals surface area contributed by atoms with Crippen LogP contribution in [0.3, 0.4) is 0 Å². The first-order valence-corrected chi connectivity index (χ1v) is 16.9. The maximum atomic E-state index is 5.47. The predicted molar refractivity (Wildman–Crippen MR) is 207 cm³/mol. The molecule has 48 heavy (non-hydrogen) atoms. The third-order valence-corrected chi connectivity index (χ3v) is 10.1. The number of fused-ring (bicyclic) bond motifs is 6. The van der Waals surface area contributed by atoms with Crippen molar-refractivity contribution in [3.63, 3.8) is 0 Å². The first-order valence-electron chi connectivity index (χ1n) is 16.9. The van der Waals surface area contributed by atoms with Gasteiger partial charge >= 0.3 is 0 Å². The van der Waals surface area contributed by atoms with E-state index in [2.05, 4.69) is 174 Å². The van der Waals surface area contributed by atoms with Crippen molar-refractivity contribution in [3.8, 4) is 17.1 Å². The average molecular weight is 619 g/mol. The Balaban J connectivity index is 1.38. The molecule has 1 aromatic heterocycles. The van der Waals surface area contributed by atoms with Crippen LogP contribution in [-0.2, 0) is 0 Å². The van der Waals surface area contributed by atoms with Gasteiger partial charge in [0.25, 0.3) is 0 Å². The molecular weight excluding hydrogens is 579 g/mol. The van der Waals surface area contributed by atoms with E-state index in [4.69, 9.17) is 4.98 Å². The molecule has 0 bridgehead atoms. The Morgan fingerprint density at radius 3 is 1.48 bits per heavy atom. The molecule has 0 radical (unpaired) electrons. The highest BCUT2D eigenvalue weighted by molar-refractivity contribution is 6.96. The van der Waals surface area contributed by atoms with Crippen molar-refractivity contribution < 1.29 is 0 Å². The normalized spacial score (nSPS) is 11.5. The smallest absolute Gasteiger partial charge is 0.242 e. The Hall–Kier alpha value is -5.41. The fourth-order valence-corrected chi connectivity index (χ4v) is 8.32. The van der Waals surface area contributed by atoms with E-state index < -0.39 is 0 Å². The van der Waals surface area contributed by atoms with Gasteiger partial charge in [-0.3, -0.25) is 4.57 Å². The van der Waals surface area contributed by atoms with Crippen molar-refractivity contribution in [1.29, 1.82) is 0 Å². The predicted octanol–water partition coefficient (Wildman–Crippen LogP) is 9.37. The molecule has 2 nitrogen and oxygen atoms in total. The van der Waals surface area contributed by atoms with E-state index in [1.165, 1.54) is 71.3 Å². The zero-order chi connectivity index (χ0) is 33.1.